The number of pyridine rings is 1. The number of benzene rings is 2. The van der Waals surface area contributed by atoms with Crippen molar-refractivity contribution in [3.8, 4) is 17.1 Å². The van der Waals surface area contributed by atoms with Gasteiger partial charge in [-0.1, -0.05) is 41.6 Å². The predicted octanol–water partition coefficient (Wildman–Crippen LogP) is 4.14. The van der Waals surface area contributed by atoms with E-state index in [4.69, 9.17) is 4.74 Å². The van der Waals surface area contributed by atoms with Gasteiger partial charge in [0.15, 0.2) is 0 Å². The van der Waals surface area contributed by atoms with Crippen LogP contribution in [0.2, 0.25) is 0 Å². The second-order valence-electron chi connectivity index (χ2n) is 6.55. The lowest BCUT2D eigenvalue weighted by atomic mass is 10.1. The number of carbonyl (C=O) groups is 1. The first-order valence-corrected chi connectivity index (χ1v) is 9.31. The Morgan fingerprint density at radius 1 is 1.07 bits per heavy atom. The summed E-state index contributed by atoms with van der Waals surface area (Å²) >= 11 is 0. The van der Waals surface area contributed by atoms with E-state index in [2.05, 4.69) is 20.3 Å². The minimum Gasteiger partial charge on any atom is -0.461 e. The predicted molar refractivity (Wildman–Crippen MR) is 110 cm³/mol. The number of hydrogen-bond acceptors (Lipinski definition) is 5. The van der Waals surface area contributed by atoms with E-state index in [1.807, 2.05) is 54.6 Å². The molecule has 0 aliphatic carbocycles. The molecule has 0 aliphatic heterocycles. The van der Waals surface area contributed by atoms with Crippen molar-refractivity contribution in [1.29, 1.82) is 0 Å². The van der Waals surface area contributed by atoms with E-state index >= 15 is 0 Å². The van der Waals surface area contributed by atoms with Crippen molar-refractivity contribution in [1.82, 2.24) is 25.0 Å². The topological polar surface area (TPSA) is 85.7 Å². The number of nitrogens with one attached hydrogen (secondary N) is 1. The molecule has 0 bridgehead atoms. The highest BCUT2D eigenvalue weighted by atomic mass is 16.5. The molecule has 0 atom stereocenters. The van der Waals surface area contributed by atoms with Crippen molar-refractivity contribution >= 4 is 27.8 Å². The Bertz CT molecular complexity index is 1340. The van der Waals surface area contributed by atoms with Crippen LogP contribution in [0, 0.1) is 0 Å². The van der Waals surface area contributed by atoms with Crippen LogP contribution in [0.15, 0.2) is 66.9 Å². The number of aromatic nitrogens is 5. The number of fused-ring (bicyclic) bond motifs is 3. The third-order valence-corrected chi connectivity index (χ3v) is 4.74. The fourth-order valence-corrected chi connectivity index (χ4v) is 3.42. The minimum absolute atomic E-state index is 0.244. The van der Waals surface area contributed by atoms with Crippen molar-refractivity contribution < 1.29 is 9.53 Å². The largest absolute Gasteiger partial charge is 0.461 e. The number of hydrogen-bond donors (Lipinski definition) is 1. The smallest absolute Gasteiger partial charge is 0.356 e. The fourth-order valence-electron chi connectivity index (χ4n) is 3.42. The molecule has 0 saturated heterocycles. The normalized spacial score (nSPS) is 11.2. The fraction of sp³-hybridized carbons (Fsp3) is 0.0909. The van der Waals surface area contributed by atoms with Crippen molar-refractivity contribution in [3.63, 3.8) is 0 Å². The molecule has 5 rings (SSSR count). The van der Waals surface area contributed by atoms with Crippen molar-refractivity contribution in [2.45, 2.75) is 6.92 Å². The molecular formula is C22H17N5O2. The van der Waals surface area contributed by atoms with Gasteiger partial charge in [-0.3, -0.25) is 0 Å². The van der Waals surface area contributed by atoms with Gasteiger partial charge in [-0.15, -0.1) is 5.10 Å². The van der Waals surface area contributed by atoms with Gasteiger partial charge in [0.1, 0.15) is 17.1 Å². The minimum atomic E-state index is -0.462. The van der Waals surface area contributed by atoms with E-state index < -0.39 is 5.97 Å². The zero-order valence-corrected chi connectivity index (χ0v) is 15.7. The number of ether oxygens (including phenoxy) is 1. The van der Waals surface area contributed by atoms with Crippen molar-refractivity contribution in [3.05, 3.63) is 72.6 Å². The van der Waals surface area contributed by atoms with E-state index in [0.29, 0.717) is 11.4 Å². The molecule has 5 aromatic rings. The molecule has 0 spiro atoms. The summed E-state index contributed by atoms with van der Waals surface area (Å²) in [6, 6.07) is 19.4. The Hall–Kier alpha value is -4.00. The molecule has 0 radical (unpaired) electrons. The maximum Gasteiger partial charge on any atom is 0.356 e. The van der Waals surface area contributed by atoms with Gasteiger partial charge in [0.05, 0.1) is 24.0 Å². The molecule has 3 heterocycles. The first kappa shape index (κ1) is 17.1. The lowest BCUT2D eigenvalue weighted by molar-refractivity contribution is 0.0520. The number of esters is 1. The lowest BCUT2D eigenvalue weighted by Crippen LogP contribution is -2.08. The molecule has 3 aromatic heterocycles. The van der Waals surface area contributed by atoms with Gasteiger partial charge < -0.3 is 9.72 Å². The molecule has 0 amide bonds. The second-order valence-corrected chi connectivity index (χ2v) is 6.55. The Balaban J connectivity index is 1.74. The Morgan fingerprint density at radius 2 is 1.86 bits per heavy atom. The number of aromatic amines is 1. The Labute approximate surface area is 166 Å². The standard InChI is InChI=1S/C22H17N5O2/c1-2-29-22(28)18-12-16-15-10-6-7-11-17(15)23-20(16)21(24-18)19-13-27(26-25-19)14-8-4-3-5-9-14/h3-13,23H,2H2,1H3. The van der Waals surface area contributed by atoms with E-state index in [9.17, 15) is 4.79 Å². The van der Waals surface area contributed by atoms with Crippen LogP contribution in [-0.4, -0.2) is 37.5 Å². The number of nitrogens with zero attached hydrogens (tertiary/aromatic N) is 4. The second kappa shape index (κ2) is 6.87. The van der Waals surface area contributed by atoms with E-state index in [0.717, 1.165) is 27.5 Å². The maximum atomic E-state index is 12.4. The van der Waals surface area contributed by atoms with E-state index in [1.165, 1.54) is 0 Å². The molecule has 7 nitrogen and oxygen atoms in total. The van der Waals surface area contributed by atoms with Crippen LogP contribution in [0.1, 0.15) is 17.4 Å². The molecule has 29 heavy (non-hydrogen) atoms. The summed E-state index contributed by atoms with van der Waals surface area (Å²) < 4.78 is 6.86. The maximum absolute atomic E-state index is 12.4. The van der Waals surface area contributed by atoms with Crippen LogP contribution >= 0.6 is 0 Å². The first-order valence-electron chi connectivity index (χ1n) is 9.31. The lowest BCUT2D eigenvalue weighted by Gasteiger charge is -2.05. The van der Waals surface area contributed by atoms with Crippen LogP contribution in [0.5, 0.6) is 0 Å². The number of rotatable bonds is 4. The van der Waals surface area contributed by atoms with Crippen LogP contribution in [-0.2, 0) is 4.74 Å². The van der Waals surface area contributed by atoms with Crippen LogP contribution in [0.4, 0.5) is 0 Å². The third kappa shape index (κ3) is 2.93. The van der Waals surface area contributed by atoms with Crippen LogP contribution in [0.25, 0.3) is 38.9 Å². The average molecular weight is 383 g/mol. The van der Waals surface area contributed by atoms with E-state index in [1.54, 1.807) is 23.9 Å². The van der Waals surface area contributed by atoms with Gasteiger partial charge in [-0.05, 0) is 31.2 Å². The van der Waals surface area contributed by atoms with Gasteiger partial charge in [0.2, 0.25) is 0 Å². The Kier molecular flexibility index (Phi) is 4.05. The zero-order chi connectivity index (χ0) is 19.8. The van der Waals surface area contributed by atoms with Gasteiger partial charge in [0.25, 0.3) is 0 Å². The van der Waals surface area contributed by atoms with Gasteiger partial charge in [0, 0.05) is 16.3 Å². The zero-order valence-electron chi connectivity index (χ0n) is 15.7. The summed E-state index contributed by atoms with van der Waals surface area (Å²) in [6.45, 7) is 2.06. The van der Waals surface area contributed by atoms with E-state index in [-0.39, 0.29) is 12.3 Å². The highest BCUT2D eigenvalue weighted by Gasteiger charge is 2.19. The molecule has 0 aliphatic rings. The highest BCUT2D eigenvalue weighted by Crippen LogP contribution is 2.32. The summed E-state index contributed by atoms with van der Waals surface area (Å²) in [5.74, 6) is -0.462. The summed E-state index contributed by atoms with van der Waals surface area (Å²) in [5.41, 5.74) is 4.02. The summed E-state index contributed by atoms with van der Waals surface area (Å²) in [6.07, 6.45) is 1.80. The van der Waals surface area contributed by atoms with Crippen molar-refractivity contribution in [2.24, 2.45) is 0 Å². The molecule has 142 valence electrons. The summed E-state index contributed by atoms with van der Waals surface area (Å²) in [4.78, 5) is 20.4. The number of para-hydroxylation sites is 2. The SMILES string of the molecule is CCOC(=O)c1cc2c([nH]c3ccccc32)c(-c2cn(-c3ccccc3)nn2)n1. The van der Waals surface area contributed by atoms with Gasteiger partial charge in [-0.25, -0.2) is 14.5 Å². The Morgan fingerprint density at radius 3 is 2.69 bits per heavy atom. The quantitative estimate of drug-likeness (QED) is 0.472. The molecule has 2 aromatic carbocycles. The van der Waals surface area contributed by atoms with Crippen LogP contribution in [0.3, 0.4) is 0 Å². The summed E-state index contributed by atoms with van der Waals surface area (Å²) in [7, 11) is 0. The summed E-state index contributed by atoms with van der Waals surface area (Å²) in [5, 5.41) is 10.4. The molecule has 1 N–H and O–H groups in total. The molecule has 0 fully saturated rings. The third-order valence-electron chi connectivity index (χ3n) is 4.74. The highest BCUT2D eigenvalue weighted by molar-refractivity contribution is 6.12. The van der Waals surface area contributed by atoms with Crippen molar-refractivity contribution in [2.75, 3.05) is 6.61 Å². The average Bonchev–Trinajstić information content (AvgIpc) is 3.39. The first-order chi connectivity index (χ1) is 14.2. The number of H-pyrrole nitrogens is 1. The van der Waals surface area contributed by atoms with Gasteiger partial charge >= 0.3 is 5.97 Å². The monoisotopic (exact) mass is 383 g/mol. The molecule has 7 heteroatoms. The molecule has 0 unspecified atom stereocenters. The van der Waals surface area contributed by atoms with Crippen LogP contribution < -0.4 is 0 Å². The van der Waals surface area contributed by atoms with Gasteiger partial charge in [-0.2, -0.15) is 0 Å². The molecule has 0 saturated carbocycles. The molecular weight excluding hydrogens is 366 g/mol. The number of carbonyl (C=O) groups excluding carboxylic acids is 1.